The molecule has 0 aliphatic carbocycles. The van der Waals surface area contributed by atoms with Crippen molar-refractivity contribution in [3.63, 3.8) is 0 Å². The maximum atomic E-state index is 14.1. The zero-order chi connectivity index (χ0) is 19.1. The van der Waals surface area contributed by atoms with E-state index < -0.39 is 0 Å². The van der Waals surface area contributed by atoms with Gasteiger partial charge in [0.1, 0.15) is 18.5 Å². The van der Waals surface area contributed by atoms with Crippen LogP contribution in [0.25, 0.3) is 0 Å². The van der Waals surface area contributed by atoms with Crippen LogP contribution in [0.15, 0.2) is 42.5 Å². The van der Waals surface area contributed by atoms with Crippen molar-refractivity contribution in [2.75, 3.05) is 26.2 Å². The van der Waals surface area contributed by atoms with Crippen LogP contribution < -0.4 is 9.47 Å². The normalized spacial score (nSPS) is 24.3. The number of rotatable bonds is 3. The summed E-state index contributed by atoms with van der Waals surface area (Å²) in [5, 5.41) is 0. The third-order valence-electron chi connectivity index (χ3n) is 5.89. The van der Waals surface area contributed by atoms with Gasteiger partial charge in [-0.1, -0.05) is 18.2 Å². The van der Waals surface area contributed by atoms with Gasteiger partial charge in [-0.2, -0.15) is 0 Å². The second kappa shape index (κ2) is 7.09. The first-order valence-electron chi connectivity index (χ1n) is 9.88. The van der Waals surface area contributed by atoms with Crippen molar-refractivity contribution >= 4 is 5.91 Å². The highest BCUT2D eigenvalue weighted by Gasteiger charge is 2.37. The molecule has 3 aliphatic heterocycles. The number of hydrogen-bond donors (Lipinski definition) is 0. The Labute approximate surface area is 163 Å². The summed E-state index contributed by atoms with van der Waals surface area (Å²) in [6.45, 7) is 3.41. The topological polar surface area (TPSA) is 42.0 Å². The molecule has 0 N–H and O–H groups in total. The molecule has 0 aromatic heterocycles. The first-order valence-corrected chi connectivity index (χ1v) is 9.88. The van der Waals surface area contributed by atoms with E-state index in [-0.39, 0.29) is 23.9 Å². The van der Waals surface area contributed by atoms with Crippen LogP contribution >= 0.6 is 0 Å². The average molecular weight is 382 g/mol. The van der Waals surface area contributed by atoms with Crippen LogP contribution in [0.2, 0.25) is 0 Å². The molecule has 28 heavy (non-hydrogen) atoms. The van der Waals surface area contributed by atoms with E-state index in [1.165, 1.54) is 6.07 Å². The Morgan fingerprint density at radius 2 is 1.96 bits per heavy atom. The Morgan fingerprint density at radius 1 is 1.11 bits per heavy atom. The van der Waals surface area contributed by atoms with Crippen LogP contribution in [0.1, 0.15) is 28.8 Å². The summed E-state index contributed by atoms with van der Waals surface area (Å²) in [5.74, 6) is 1.24. The van der Waals surface area contributed by atoms with E-state index in [1.54, 1.807) is 12.1 Å². The van der Waals surface area contributed by atoms with E-state index in [2.05, 4.69) is 4.90 Å². The van der Waals surface area contributed by atoms with Crippen molar-refractivity contribution < 1.29 is 18.7 Å². The number of carbonyl (C=O) groups is 1. The maximum Gasteiger partial charge on any atom is 0.254 e. The third-order valence-corrected chi connectivity index (χ3v) is 5.89. The van der Waals surface area contributed by atoms with Crippen molar-refractivity contribution in [2.45, 2.75) is 31.5 Å². The van der Waals surface area contributed by atoms with Crippen molar-refractivity contribution in [3.05, 3.63) is 59.4 Å². The standard InChI is InChI=1S/C22H23FN2O3/c23-19-7-3-6-17-18(19)13-25(22(17)26)15-5-4-10-24(11-15)12-16-14-27-20-8-1-2-9-21(20)28-16/h1-3,6-9,15-16H,4-5,10-14H2/t15-,16-/m0/s1. The van der Waals surface area contributed by atoms with Crippen molar-refractivity contribution in [1.82, 2.24) is 9.80 Å². The molecule has 0 saturated carbocycles. The second-order valence-electron chi connectivity index (χ2n) is 7.75. The first-order chi connectivity index (χ1) is 13.7. The summed E-state index contributed by atoms with van der Waals surface area (Å²) in [5.41, 5.74) is 1.04. The van der Waals surface area contributed by atoms with Crippen LogP contribution in [0.4, 0.5) is 4.39 Å². The molecule has 1 fully saturated rings. The number of piperidine rings is 1. The van der Waals surface area contributed by atoms with Gasteiger partial charge in [0.05, 0.1) is 6.54 Å². The molecule has 3 aliphatic rings. The smallest absolute Gasteiger partial charge is 0.254 e. The van der Waals surface area contributed by atoms with Crippen molar-refractivity contribution in [1.29, 1.82) is 0 Å². The molecule has 0 unspecified atom stereocenters. The van der Waals surface area contributed by atoms with E-state index in [0.29, 0.717) is 24.3 Å². The molecule has 1 amide bonds. The molecular formula is C22H23FN2O3. The molecule has 2 aromatic rings. The summed E-state index contributed by atoms with van der Waals surface area (Å²) in [6.07, 6.45) is 1.93. The van der Waals surface area contributed by atoms with Gasteiger partial charge in [-0.15, -0.1) is 0 Å². The molecule has 0 bridgehead atoms. The van der Waals surface area contributed by atoms with Gasteiger partial charge < -0.3 is 14.4 Å². The predicted molar refractivity (Wildman–Crippen MR) is 102 cm³/mol. The van der Waals surface area contributed by atoms with E-state index in [9.17, 15) is 9.18 Å². The first kappa shape index (κ1) is 17.5. The molecule has 146 valence electrons. The van der Waals surface area contributed by atoms with Crippen LogP contribution in [0, 0.1) is 5.82 Å². The number of benzene rings is 2. The Hall–Kier alpha value is -2.60. The van der Waals surface area contributed by atoms with Gasteiger partial charge in [0.2, 0.25) is 0 Å². The number of amides is 1. The number of para-hydroxylation sites is 2. The fraction of sp³-hybridized carbons (Fsp3) is 0.409. The van der Waals surface area contributed by atoms with E-state index in [4.69, 9.17) is 9.47 Å². The monoisotopic (exact) mass is 382 g/mol. The van der Waals surface area contributed by atoms with Crippen LogP contribution in [-0.4, -0.2) is 54.1 Å². The highest BCUT2D eigenvalue weighted by molar-refractivity contribution is 5.98. The minimum absolute atomic E-state index is 0.0300. The number of hydrogen-bond acceptors (Lipinski definition) is 4. The number of nitrogens with zero attached hydrogens (tertiary/aromatic N) is 2. The Balaban J connectivity index is 1.24. The highest BCUT2D eigenvalue weighted by atomic mass is 19.1. The van der Waals surface area contributed by atoms with Gasteiger partial charge in [-0.3, -0.25) is 9.69 Å². The molecule has 2 aromatic carbocycles. The molecule has 5 rings (SSSR count). The molecule has 3 heterocycles. The molecule has 0 spiro atoms. The summed E-state index contributed by atoms with van der Waals surface area (Å²) in [7, 11) is 0. The zero-order valence-corrected chi connectivity index (χ0v) is 15.6. The van der Waals surface area contributed by atoms with Gasteiger partial charge in [-0.05, 0) is 43.7 Å². The van der Waals surface area contributed by atoms with Gasteiger partial charge >= 0.3 is 0 Å². The molecule has 0 radical (unpaired) electrons. The van der Waals surface area contributed by atoms with Gasteiger partial charge in [-0.25, -0.2) is 4.39 Å². The third kappa shape index (κ3) is 3.11. The summed E-state index contributed by atoms with van der Waals surface area (Å²) < 4.78 is 26.0. The van der Waals surface area contributed by atoms with E-state index in [0.717, 1.165) is 44.0 Å². The van der Waals surface area contributed by atoms with Crippen LogP contribution in [-0.2, 0) is 6.54 Å². The Kier molecular flexibility index (Phi) is 4.43. The number of fused-ring (bicyclic) bond motifs is 2. The maximum absolute atomic E-state index is 14.1. The lowest BCUT2D eigenvalue weighted by atomic mass is 10.0. The van der Waals surface area contributed by atoms with Gasteiger partial charge in [0.15, 0.2) is 11.5 Å². The molecule has 2 atom stereocenters. The largest absolute Gasteiger partial charge is 0.486 e. The number of likely N-dealkylation sites (tertiary alicyclic amines) is 1. The SMILES string of the molecule is O=C1c2cccc(F)c2CN1[C@H]1CCCN(C[C@H]2COc3ccccc3O2)C1. The summed E-state index contributed by atoms with van der Waals surface area (Å²) in [6, 6.07) is 12.6. The predicted octanol–water partition coefficient (Wildman–Crippen LogP) is 3.09. The van der Waals surface area contributed by atoms with Gasteiger partial charge in [0.25, 0.3) is 5.91 Å². The van der Waals surface area contributed by atoms with Crippen LogP contribution in [0.5, 0.6) is 11.5 Å². The average Bonchev–Trinajstić information content (AvgIpc) is 3.06. The lowest BCUT2D eigenvalue weighted by molar-refractivity contribution is 0.0306. The summed E-state index contributed by atoms with van der Waals surface area (Å²) in [4.78, 5) is 17.0. The highest BCUT2D eigenvalue weighted by Crippen LogP contribution is 2.32. The van der Waals surface area contributed by atoms with E-state index >= 15 is 0 Å². The molecular weight excluding hydrogens is 359 g/mol. The van der Waals surface area contributed by atoms with Crippen molar-refractivity contribution in [2.24, 2.45) is 0 Å². The zero-order valence-electron chi connectivity index (χ0n) is 15.6. The fourth-order valence-electron chi connectivity index (χ4n) is 4.50. The minimum atomic E-state index is -0.285. The molecule has 5 nitrogen and oxygen atoms in total. The fourth-order valence-corrected chi connectivity index (χ4v) is 4.50. The lowest BCUT2D eigenvalue weighted by Crippen LogP contribution is -2.51. The minimum Gasteiger partial charge on any atom is -0.486 e. The number of ether oxygens (including phenoxy) is 2. The molecule has 1 saturated heterocycles. The Morgan fingerprint density at radius 3 is 2.82 bits per heavy atom. The van der Waals surface area contributed by atoms with Crippen LogP contribution in [0.3, 0.4) is 0 Å². The molecule has 6 heteroatoms. The second-order valence-corrected chi connectivity index (χ2v) is 7.75. The lowest BCUT2D eigenvalue weighted by Gasteiger charge is -2.39. The van der Waals surface area contributed by atoms with E-state index in [1.807, 2.05) is 29.2 Å². The van der Waals surface area contributed by atoms with Crippen molar-refractivity contribution in [3.8, 4) is 11.5 Å². The number of carbonyl (C=O) groups excluding carboxylic acids is 1. The summed E-state index contributed by atoms with van der Waals surface area (Å²) >= 11 is 0. The number of halogens is 1. The Bertz CT molecular complexity index is 903. The van der Waals surface area contributed by atoms with Gasteiger partial charge in [0, 0.05) is 30.3 Å². The quantitative estimate of drug-likeness (QED) is 0.818.